The fraction of sp³-hybridized carbons (Fsp3) is 0.167. The zero-order chi connectivity index (χ0) is 16.4. The maximum absolute atomic E-state index is 12.2. The van der Waals surface area contributed by atoms with Gasteiger partial charge >= 0.3 is 0 Å². The van der Waals surface area contributed by atoms with Crippen LogP contribution in [0.5, 0.6) is 0 Å². The Morgan fingerprint density at radius 1 is 1.04 bits per heavy atom. The van der Waals surface area contributed by atoms with Crippen molar-refractivity contribution in [2.45, 2.75) is 20.8 Å². The van der Waals surface area contributed by atoms with Crippen molar-refractivity contribution in [1.82, 2.24) is 9.97 Å². The van der Waals surface area contributed by atoms with Gasteiger partial charge in [-0.25, -0.2) is 9.97 Å². The van der Waals surface area contributed by atoms with E-state index in [1.54, 1.807) is 6.07 Å². The van der Waals surface area contributed by atoms with Crippen LogP contribution in [0.4, 0.5) is 5.13 Å². The van der Waals surface area contributed by atoms with Crippen LogP contribution in [0.1, 0.15) is 27.3 Å². The number of nitrogens with zero attached hydrogens (tertiary/aromatic N) is 2. The molecular formula is C18H17N3OS. The van der Waals surface area contributed by atoms with E-state index in [1.807, 2.05) is 30.5 Å². The summed E-state index contributed by atoms with van der Waals surface area (Å²) >= 11 is 1.41. The van der Waals surface area contributed by atoms with Crippen LogP contribution in [0.15, 0.2) is 41.8 Å². The average Bonchev–Trinajstić information content (AvgIpc) is 2.98. The first-order valence-electron chi connectivity index (χ1n) is 7.31. The molecule has 3 rings (SSSR count). The Balaban J connectivity index is 1.79. The summed E-state index contributed by atoms with van der Waals surface area (Å²) in [5, 5.41) is 5.33. The van der Waals surface area contributed by atoms with Crippen molar-refractivity contribution in [2.75, 3.05) is 5.32 Å². The second-order valence-corrected chi connectivity index (χ2v) is 6.31. The zero-order valence-electron chi connectivity index (χ0n) is 13.3. The molecule has 3 aromatic rings. The average molecular weight is 323 g/mol. The molecule has 0 aliphatic heterocycles. The molecule has 1 aromatic carbocycles. The lowest BCUT2D eigenvalue weighted by Crippen LogP contribution is -2.13. The largest absolute Gasteiger partial charge is 0.296 e. The van der Waals surface area contributed by atoms with Gasteiger partial charge in [0.2, 0.25) is 0 Å². The summed E-state index contributed by atoms with van der Waals surface area (Å²) in [5.41, 5.74) is 5.61. The van der Waals surface area contributed by atoms with Crippen LogP contribution in [0.2, 0.25) is 0 Å². The Labute approximate surface area is 139 Å². The van der Waals surface area contributed by atoms with Gasteiger partial charge < -0.3 is 0 Å². The third-order valence-corrected chi connectivity index (χ3v) is 4.41. The minimum Gasteiger partial charge on any atom is -0.296 e. The van der Waals surface area contributed by atoms with Gasteiger partial charge in [-0.2, -0.15) is 0 Å². The van der Waals surface area contributed by atoms with Crippen LogP contribution in [-0.4, -0.2) is 15.9 Å². The molecule has 0 aliphatic carbocycles. The first-order valence-corrected chi connectivity index (χ1v) is 8.19. The molecular weight excluding hydrogens is 306 g/mol. The molecule has 0 bridgehead atoms. The van der Waals surface area contributed by atoms with Crippen LogP contribution in [-0.2, 0) is 0 Å². The molecule has 1 amide bonds. The number of hydrogen-bond donors (Lipinski definition) is 1. The van der Waals surface area contributed by atoms with Gasteiger partial charge in [0.1, 0.15) is 5.69 Å². The third-order valence-electron chi connectivity index (χ3n) is 3.65. The van der Waals surface area contributed by atoms with Crippen molar-refractivity contribution in [3.05, 3.63) is 64.3 Å². The van der Waals surface area contributed by atoms with Crippen molar-refractivity contribution < 1.29 is 4.79 Å². The second kappa shape index (κ2) is 6.30. The highest BCUT2D eigenvalue weighted by atomic mass is 32.1. The molecule has 116 valence electrons. The van der Waals surface area contributed by atoms with Crippen LogP contribution < -0.4 is 5.32 Å². The number of carbonyl (C=O) groups excluding carboxylic acids is 1. The molecule has 5 heteroatoms. The van der Waals surface area contributed by atoms with Crippen molar-refractivity contribution >= 4 is 22.4 Å². The number of thiazole rings is 1. The number of aromatic nitrogens is 2. The maximum Gasteiger partial charge on any atom is 0.276 e. The van der Waals surface area contributed by atoms with Gasteiger partial charge in [-0.1, -0.05) is 18.2 Å². The molecule has 0 saturated heterocycles. The van der Waals surface area contributed by atoms with E-state index in [1.165, 1.54) is 22.5 Å². The van der Waals surface area contributed by atoms with Crippen LogP contribution in [0.3, 0.4) is 0 Å². The van der Waals surface area contributed by atoms with Crippen LogP contribution in [0.25, 0.3) is 11.3 Å². The molecule has 0 radical (unpaired) electrons. The first-order chi connectivity index (χ1) is 11.0. The summed E-state index contributed by atoms with van der Waals surface area (Å²) in [6, 6.07) is 11.6. The topological polar surface area (TPSA) is 54.9 Å². The Hall–Kier alpha value is -2.53. The van der Waals surface area contributed by atoms with Crippen molar-refractivity contribution in [1.29, 1.82) is 0 Å². The van der Waals surface area contributed by atoms with E-state index in [9.17, 15) is 4.79 Å². The lowest BCUT2D eigenvalue weighted by atomic mass is 10.1. The molecule has 0 atom stereocenters. The summed E-state index contributed by atoms with van der Waals surface area (Å²) in [6.45, 7) is 6.02. The number of aryl methyl sites for hydroxylation is 3. The quantitative estimate of drug-likeness (QED) is 0.778. The predicted molar refractivity (Wildman–Crippen MR) is 94.0 cm³/mol. The van der Waals surface area contributed by atoms with E-state index in [4.69, 9.17) is 0 Å². The smallest absolute Gasteiger partial charge is 0.276 e. The van der Waals surface area contributed by atoms with E-state index in [0.717, 1.165) is 17.0 Å². The van der Waals surface area contributed by atoms with Crippen molar-refractivity contribution in [3.63, 3.8) is 0 Å². The SMILES string of the molecule is Cc1cccc(C(=O)Nc2nc(-c3ccc(C)c(C)c3)cs2)n1. The molecule has 1 N–H and O–H groups in total. The zero-order valence-corrected chi connectivity index (χ0v) is 14.1. The molecule has 2 aromatic heterocycles. The summed E-state index contributed by atoms with van der Waals surface area (Å²) in [5.74, 6) is -0.241. The van der Waals surface area contributed by atoms with Gasteiger partial charge in [0, 0.05) is 16.6 Å². The number of nitrogens with one attached hydrogen (secondary N) is 1. The van der Waals surface area contributed by atoms with E-state index in [-0.39, 0.29) is 5.91 Å². The highest BCUT2D eigenvalue weighted by molar-refractivity contribution is 7.14. The van der Waals surface area contributed by atoms with Gasteiger partial charge in [0.05, 0.1) is 5.69 Å². The molecule has 0 fully saturated rings. The molecule has 4 nitrogen and oxygen atoms in total. The maximum atomic E-state index is 12.2. The summed E-state index contributed by atoms with van der Waals surface area (Å²) in [7, 11) is 0. The lowest BCUT2D eigenvalue weighted by Gasteiger charge is -2.03. The fourth-order valence-electron chi connectivity index (χ4n) is 2.20. The number of hydrogen-bond acceptors (Lipinski definition) is 4. The fourth-order valence-corrected chi connectivity index (χ4v) is 2.91. The first kappa shape index (κ1) is 15.4. The Kier molecular flexibility index (Phi) is 4.21. The molecule has 0 saturated carbocycles. The minimum absolute atomic E-state index is 0.241. The number of amides is 1. The molecule has 0 unspecified atom stereocenters. The highest BCUT2D eigenvalue weighted by Gasteiger charge is 2.11. The normalized spacial score (nSPS) is 10.6. The second-order valence-electron chi connectivity index (χ2n) is 5.46. The number of carbonyl (C=O) groups is 1. The summed E-state index contributed by atoms with van der Waals surface area (Å²) in [6.07, 6.45) is 0. The van der Waals surface area contributed by atoms with Crippen LogP contribution in [0, 0.1) is 20.8 Å². The van der Waals surface area contributed by atoms with E-state index in [0.29, 0.717) is 10.8 Å². The predicted octanol–water partition coefficient (Wildman–Crippen LogP) is 4.38. The standard InChI is InChI=1S/C18H17N3OS/c1-11-7-8-14(9-12(11)2)16-10-23-18(20-16)21-17(22)15-6-4-5-13(3)19-15/h4-10H,1-3H3,(H,20,21,22). The van der Waals surface area contributed by atoms with Gasteiger partial charge in [0.25, 0.3) is 5.91 Å². The number of anilines is 1. The van der Waals surface area contributed by atoms with Crippen molar-refractivity contribution in [3.8, 4) is 11.3 Å². The van der Waals surface area contributed by atoms with E-state index in [2.05, 4.69) is 41.3 Å². The lowest BCUT2D eigenvalue weighted by molar-refractivity contribution is 0.102. The number of rotatable bonds is 3. The summed E-state index contributed by atoms with van der Waals surface area (Å²) < 4.78 is 0. The molecule has 23 heavy (non-hydrogen) atoms. The monoisotopic (exact) mass is 323 g/mol. The Morgan fingerprint density at radius 2 is 1.87 bits per heavy atom. The van der Waals surface area contributed by atoms with Crippen molar-refractivity contribution in [2.24, 2.45) is 0 Å². The van der Waals surface area contributed by atoms with Gasteiger partial charge in [-0.15, -0.1) is 11.3 Å². The molecule has 2 heterocycles. The van der Waals surface area contributed by atoms with Gasteiger partial charge in [-0.3, -0.25) is 10.1 Å². The summed E-state index contributed by atoms with van der Waals surface area (Å²) in [4.78, 5) is 20.9. The molecule has 0 aliphatic rings. The number of pyridine rings is 1. The van der Waals surface area contributed by atoms with Gasteiger partial charge in [-0.05, 0) is 50.1 Å². The van der Waals surface area contributed by atoms with Gasteiger partial charge in [0.15, 0.2) is 5.13 Å². The number of benzene rings is 1. The highest BCUT2D eigenvalue weighted by Crippen LogP contribution is 2.26. The minimum atomic E-state index is -0.241. The Bertz CT molecular complexity index is 870. The van der Waals surface area contributed by atoms with E-state index >= 15 is 0 Å². The van der Waals surface area contributed by atoms with Crippen LogP contribution >= 0.6 is 11.3 Å². The molecule has 0 spiro atoms. The Morgan fingerprint density at radius 3 is 2.61 bits per heavy atom. The van der Waals surface area contributed by atoms with E-state index < -0.39 is 0 Å². The third kappa shape index (κ3) is 3.46.